The van der Waals surface area contributed by atoms with Gasteiger partial charge in [-0.1, -0.05) is 18.7 Å². The van der Waals surface area contributed by atoms with Crippen LogP contribution in [0.25, 0.3) is 0 Å². The van der Waals surface area contributed by atoms with Crippen LogP contribution in [-0.2, 0) is 0 Å². The molecule has 1 rings (SSSR count). The molecule has 0 aliphatic rings. The summed E-state index contributed by atoms with van der Waals surface area (Å²) in [5.41, 5.74) is -0.475. The summed E-state index contributed by atoms with van der Waals surface area (Å²) in [6, 6.07) is 3.29. The van der Waals surface area contributed by atoms with E-state index in [2.05, 4.69) is 12.6 Å². The summed E-state index contributed by atoms with van der Waals surface area (Å²) in [7, 11) is 0. The molecule has 0 aliphatic heterocycles. The third-order valence-corrected chi connectivity index (χ3v) is 1.31. The highest BCUT2D eigenvalue weighted by atomic mass is 32.1. The van der Waals surface area contributed by atoms with E-state index < -0.39 is 22.6 Å². The fraction of sp³-hybridized carbons (Fsp3) is 0. The average molecular weight is 189 g/mol. The molecule has 12 heavy (non-hydrogen) atoms. The SMILES string of the molecule is O=C(S)Nc1c(F)cccc1F. The summed E-state index contributed by atoms with van der Waals surface area (Å²) < 4.78 is 25.4. The van der Waals surface area contributed by atoms with Crippen molar-refractivity contribution in [1.29, 1.82) is 0 Å². The minimum Gasteiger partial charge on any atom is -0.312 e. The fourth-order valence-corrected chi connectivity index (χ4v) is 0.836. The molecule has 0 fully saturated rings. The number of carbonyl (C=O) groups is 1. The molecule has 1 aromatic rings. The lowest BCUT2D eigenvalue weighted by atomic mass is 10.3. The average Bonchev–Trinajstić information content (AvgIpc) is 1.97. The van der Waals surface area contributed by atoms with E-state index in [4.69, 9.17) is 0 Å². The van der Waals surface area contributed by atoms with Crippen LogP contribution in [0.4, 0.5) is 19.3 Å². The normalized spacial score (nSPS) is 9.58. The number of nitrogens with one attached hydrogen (secondary N) is 1. The number of benzene rings is 1. The van der Waals surface area contributed by atoms with E-state index in [9.17, 15) is 13.6 Å². The maximum absolute atomic E-state index is 12.7. The zero-order chi connectivity index (χ0) is 9.14. The molecule has 0 saturated heterocycles. The van der Waals surface area contributed by atoms with Crippen LogP contribution < -0.4 is 5.32 Å². The van der Waals surface area contributed by atoms with Gasteiger partial charge in [0, 0.05) is 0 Å². The van der Waals surface area contributed by atoms with Crippen molar-refractivity contribution in [2.45, 2.75) is 0 Å². The third kappa shape index (κ3) is 1.94. The van der Waals surface area contributed by atoms with Crippen molar-refractivity contribution in [2.75, 3.05) is 5.32 Å². The molecule has 64 valence electrons. The lowest BCUT2D eigenvalue weighted by molar-refractivity contribution is 0.270. The highest BCUT2D eigenvalue weighted by Gasteiger charge is 2.08. The Bertz CT molecular complexity index is 296. The molecule has 0 aromatic heterocycles. The summed E-state index contributed by atoms with van der Waals surface area (Å²) >= 11 is 3.32. The van der Waals surface area contributed by atoms with Crippen molar-refractivity contribution >= 4 is 23.6 Å². The number of hydrogen-bond donors (Lipinski definition) is 2. The summed E-state index contributed by atoms with van der Waals surface area (Å²) in [5, 5.41) is 1.11. The standard InChI is InChI=1S/C7H5F2NOS/c8-4-2-1-3-5(9)6(4)10-7(11)12/h1-3H,(H2,10,11,12). The molecule has 5 heteroatoms. The summed E-state index contributed by atoms with van der Waals surface area (Å²) in [6.07, 6.45) is 0. The van der Waals surface area contributed by atoms with Gasteiger partial charge in [0.2, 0.25) is 0 Å². The van der Waals surface area contributed by atoms with Gasteiger partial charge in [-0.25, -0.2) is 8.78 Å². The van der Waals surface area contributed by atoms with Crippen LogP contribution in [0.1, 0.15) is 0 Å². The van der Waals surface area contributed by atoms with Gasteiger partial charge in [0.1, 0.15) is 17.3 Å². The summed E-state index contributed by atoms with van der Waals surface area (Å²) in [4.78, 5) is 10.3. The molecule has 0 saturated carbocycles. The Morgan fingerprint density at radius 1 is 1.33 bits per heavy atom. The number of para-hydroxylation sites is 1. The Hall–Kier alpha value is -1.10. The first-order valence-electron chi connectivity index (χ1n) is 3.05. The maximum atomic E-state index is 12.7. The van der Waals surface area contributed by atoms with Crippen LogP contribution >= 0.6 is 12.6 Å². The second-order valence-corrected chi connectivity index (χ2v) is 2.43. The lowest BCUT2D eigenvalue weighted by Gasteiger charge is -2.02. The van der Waals surface area contributed by atoms with E-state index in [0.29, 0.717) is 0 Å². The van der Waals surface area contributed by atoms with Crippen molar-refractivity contribution < 1.29 is 13.6 Å². The zero-order valence-electron chi connectivity index (χ0n) is 5.84. The molecule has 0 unspecified atom stereocenters. The van der Waals surface area contributed by atoms with E-state index in [0.717, 1.165) is 12.1 Å². The molecule has 0 heterocycles. The maximum Gasteiger partial charge on any atom is 0.280 e. The Morgan fingerprint density at radius 2 is 1.83 bits per heavy atom. The van der Waals surface area contributed by atoms with Gasteiger partial charge in [0.05, 0.1) is 0 Å². The van der Waals surface area contributed by atoms with Gasteiger partial charge in [-0.3, -0.25) is 4.79 Å². The molecule has 0 spiro atoms. The van der Waals surface area contributed by atoms with Crippen LogP contribution in [0.3, 0.4) is 0 Å². The number of carbonyl (C=O) groups excluding carboxylic acids is 1. The first-order chi connectivity index (χ1) is 5.61. The lowest BCUT2D eigenvalue weighted by Crippen LogP contribution is -2.05. The number of rotatable bonds is 1. The number of thiol groups is 1. The number of anilines is 1. The second-order valence-electron chi connectivity index (χ2n) is 2.03. The van der Waals surface area contributed by atoms with Crippen LogP contribution in [0.5, 0.6) is 0 Å². The monoisotopic (exact) mass is 189 g/mol. The number of amides is 1. The van der Waals surface area contributed by atoms with Crippen LogP contribution in [0, 0.1) is 11.6 Å². The highest BCUT2D eigenvalue weighted by Crippen LogP contribution is 2.17. The molecular weight excluding hydrogens is 184 g/mol. The van der Waals surface area contributed by atoms with Crippen molar-refractivity contribution in [3.05, 3.63) is 29.8 Å². The minimum atomic E-state index is -0.822. The minimum absolute atomic E-state index is 0.475. The van der Waals surface area contributed by atoms with Gasteiger partial charge in [0.15, 0.2) is 0 Å². The number of halogens is 2. The van der Waals surface area contributed by atoms with Gasteiger partial charge in [0.25, 0.3) is 5.24 Å². The van der Waals surface area contributed by atoms with Gasteiger partial charge in [-0.2, -0.15) is 0 Å². The van der Waals surface area contributed by atoms with Crippen molar-refractivity contribution in [2.24, 2.45) is 0 Å². The largest absolute Gasteiger partial charge is 0.312 e. The van der Waals surface area contributed by atoms with Crippen molar-refractivity contribution in [3.8, 4) is 0 Å². The fourth-order valence-electron chi connectivity index (χ4n) is 0.724. The quantitative estimate of drug-likeness (QED) is 0.653. The first kappa shape index (κ1) is 8.99. The van der Waals surface area contributed by atoms with Gasteiger partial charge in [-0.05, 0) is 12.1 Å². The number of hydrogen-bond acceptors (Lipinski definition) is 1. The van der Waals surface area contributed by atoms with Gasteiger partial charge >= 0.3 is 0 Å². The zero-order valence-corrected chi connectivity index (χ0v) is 6.74. The topological polar surface area (TPSA) is 29.1 Å². The Labute approximate surface area is 73.0 Å². The second kappa shape index (κ2) is 3.53. The predicted molar refractivity (Wildman–Crippen MR) is 44.4 cm³/mol. The van der Waals surface area contributed by atoms with Crippen molar-refractivity contribution in [3.63, 3.8) is 0 Å². The predicted octanol–water partition coefficient (Wildman–Crippen LogP) is 2.43. The molecule has 1 N–H and O–H groups in total. The van der Waals surface area contributed by atoms with E-state index in [1.165, 1.54) is 6.07 Å². The molecule has 1 aromatic carbocycles. The van der Waals surface area contributed by atoms with E-state index >= 15 is 0 Å². The Morgan fingerprint density at radius 3 is 2.25 bits per heavy atom. The Kier molecular flexibility index (Phi) is 2.65. The molecular formula is C7H5F2NOS. The smallest absolute Gasteiger partial charge is 0.280 e. The third-order valence-electron chi connectivity index (χ3n) is 1.19. The molecule has 0 atom stereocenters. The van der Waals surface area contributed by atoms with Crippen LogP contribution in [0.15, 0.2) is 18.2 Å². The summed E-state index contributed by atoms with van der Waals surface area (Å²) in [6.45, 7) is 0. The van der Waals surface area contributed by atoms with Crippen LogP contribution in [-0.4, -0.2) is 5.24 Å². The molecule has 0 bridgehead atoms. The molecule has 2 nitrogen and oxygen atoms in total. The van der Waals surface area contributed by atoms with E-state index in [-0.39, 0.29) is 0 Å². The molecule has 0 aliphatic carbocycles. The Balaban J connectivity index is 3.04. The van der Waals surface area contributed by atoms with Gasteiger partial charge < -0.3 is 5.32 Å². The summed E-state index contributed by atoms with van der Waals surface area (Å²) in [5.74, 6) is -1.64. The molecule has 0 radical (unpaired) electrons. The highest BCUT2D eigenvalue weighted by molar-refractivity contribution is 7.96. The molecule has 1 amide bonds. The first-order valence-corrected chi connectivity index (χ1v) is 3.50. The van der Waals surface area contributed by atoms with Gasteiger partial charge in [-0.15, -0.1) is 0 Å². The van der Waals surface area contributed by atoms with E-state index in [1.807, 2.05) is 5.32 Å². The van der Waals surface area contributed by atoms with Crippen LogP contribution in [0.2, 0.25) is 0 Å². The van der Waals surface area contributed by atoms with E-state index in [1.54, 1.807) is 0 Å². The van der Waals surface area contributed by atoms with Crippen molar-refractivity contribution in [1.82, 2.24) is 0 Å².